The van der Waals surface area contributed by atoms with Gasteiger partial charge in [-0.3, -0.25) is 9.59 Å². The third-order valence-electron chi connectivity index (χ3n) is 3.73. The molecule has 4 nitrogen and oxygen atoms in total. The summed E-state index contributed by atoms with van der Waals surface area (Å²) in [7, 11) is 0. The summed E-state index contributed by atoms with van der Waals surface area (Å²) >= 11 is 1.59. The van der Waals surface area contributed by atoms with Crippen molar-refractivity contribution in [3.63, 3.8) is 0 Å². The van der Waals surface area contributed by atoms with Crippen molar-refractivity contribution < 1.29 is 14.7 Å². The number of carboxylic acids is 1. The molecule has 5 heteroatoms. The molecule has 2 N–H and O–H groups in total. The molecule has 1 aromatic rings. The molecule has 1 amide bonds. The zero-order valence-electron chi connectivity index (χ0n) is 12.2. The van der Waals surface area contributed by atoms with Gasteiger partial charge in [0, 0.05) is 11.8 Å². The van der Waals surface area contributed by atoms with E-state index in [-0.39, 0.29) is 17.9 Å². The van der Waals surface area contributed by atoms with Crippen LogP contribution in [0, 0.1) is 12.8 Å². The molecule has 1 aliphatic carbocycles. The quantitative estimate of drug-likeness (QED) is 0.848. The second-order valence-electron chi connectivity index (χ2n) is 5.59. The minimum absolute atomic E-state index is 0.00342. The Balaban J connectivity index is 1.67. The Morgan fingerprint density at radius 3 is 2.86 bits per heavy atom. The number of hydrogen-bond acceptors (Lipinski definition) is 3. The normalized spacial score (nSPS) is 21.2. The van der Waals surface area contributed by atoms with Crippen molar-refractivity contribution in [2.24, 2.45) is 5.92 Å². The number of rotatable bonds is 6. The van der Waals surface area contributed by atoms with Gasteiger partial charge in [0.1, 0.15) is 0 Å². The van der Waals surface area contributed by atoms with Crippen LogP contribution in [0.4, 0.5) is 0 Å². The van der Waals surface area contributed by atoms with Crippen LogP contribution in [0.1, 0.15) is 30.4 Å². The highest BCUT2D eigenvalue weighted by molar-refractivity contribution is 7.99. The molecule has 114 valence electrons. The summed E-state index contributed by atoms with van der Waals surface area (Å²) in [5, 5.41) is 11.9. The van der Waals surface area contributed by atoms with Crippen molar-refractivity contribution in [3.8, 4) is 0 Å². The van der Waals surface area contributed by atoms with Crippen LogP contribution < -0.4 is 5.32 Å². The van der Waals surface area contributed by atoms with Gasteiger partial charge in [-0.15, -0.1) is 11.8 Å². The van der Waals surface area contributed by atoms with Gasteiger partial charge in [-0.2, -0.15) is 0 Å². The molecule has 0 heterocycles. The molecular formula is C16H21NO3S. The first-order valence-corrected chi connectivity index (χ1v) is 8.35. The predicted octanol–water partition coefficient (Wildman–Crippen LogP) is 2.60. The van der Waals surface area contributed by atoms with E-state index in [1.165, 1.54) is 11.1 Å². The minimum atomic E-state index is -0.749. The molecule has 1 fully saturated rings. The Bertz CT molecular complexity index is 518. The van der Waals surface area contributed by atoms with E-state index in [9.17, 15) is 9.59 Å². The number of carboxylic acid groups (broad SMARTS) is 1. The van der Waals surface area contributed by atoms with Gasteiger partial charge in [-0.1, -0.05) is 29.8 Å². The molecule has 1 saturated carbocycles. The largest absolute Gasteiger partial charge is 0.481 e. The smallest absolute Gasteiger partial charge is 0.306 e. The fourth-order valence-corrected chi connectivity index (χ4v) is 3.46. The number of aryl methyl sites for hydroxylation is 1. The van der Waals surface area contributed by atoms with Gasteiger partial charge in [0.2, 0.25) is 5.91 Å². The minimum Gasteiger partial charge on any atom is -0.481 e. The van der Waals surface area contributed by atoms with Gasteiger partial charge >= 0.3 is 5.97 Å². The molecule has 0 aromatic heterocycles. The maximum absolute atomic E-state index is 11.9. The summed E-state index contributed by atoms with van der Waals surface area (Å²) in [6.45, 7) is 2.06. The predicted molar refractivity (Wildman–Crippen MR) is 84.2 cm³/mol. The maximum atomic E-state index is 11.9. The third-order valence-corrected chi connectivity index (χ3v) is 4.74. The molecule has 21 heavy (non-hydrogen) atoms. The lowest BCUT2D eigenvalue weighted by molar-refractivity contribution is -0.141. The van der Waals surface area contributed by atoms with Crippen LogP contribution in [-0.2, 0) is 15.3 Å². The maximum Gasteiger partial charge on any atom is 0.306 e. The van der Waals surface area contributed by atoms with Crippen molar-refractivity contribution in [3.05, 3.63) is 35.4 Å². The van der Waals surface area contributed by atoms with Crippen LogP contribution in [0.3, 0.4) is 0 Å². The SMILES string of the molecule is Cc1cccc(CSCC(=O)NC2CCC(C(=O)O)C2)c1. The highest BCUT2D eigenvalue weighted by atomic mass is 32.2. The molecule has 0 aliphatic heterocycles. The van der Waals surface area contributed by atoms with E-state index < -0.39 is 5.97 Å². The number of carbonyl (C=O) groups excluding carboxylic acids is 1. The van der Waals surface area contributed by atoms with E-state index in [1.54, 1.807) is 11.8 Å². The lowest BCUT2D eigenvalue weighted by atomic mass is 10.1. The number of hydrogen-bond donors (Lipinski definition) is 2. The van der Waals surface area contributed by atoms with Gasteiger partial charge in [0.25, 0.3) is 0 Å². The van der Waals surface area contributed by atoms with E-state index in [4.69, 9.17) is 5.11 Å². The zero-order chi connectivity index (χ0) is 15.2. The van der Waals surface area contributed by atoms with E-state index in [2.05, 4.69) is 30.4 Å². The second-order valence-corrected chi connectivity index (χ2v) is 6.58. The van der Waals surface area contributed by atoms with Gasteiger partial charge < -0.3 is 10.4 Å². The molecule has 0 bridgehead atoms. The zero-order valence-corrected chi connectivity index (χ0v) is 13.0. The third kappa shape index (κ3) is 5.08. The number of benzene rings is 1. The fourth-order valence-electron chi connectivity index (χ4n) is 2.67. The first-order chi connectivity index (χ1) is 10.0. The van der Waals surface area contributed by atoms with Gasteiger partial charge in [-0.05, 0) is 31.7 Å². The molecule has 0 saturated heterocycles. The first kappa shape index (κ1) is 15.9. The average molecular weight is 307 g/mol. The number of amides is 1. The summed E-state index contributed by atoms with van der Waals surface area (Å²) in [6, 6.07) is 8.29. The van der Waals surface area contributed by atoms with Crippen LogP contribution in [0.2, 0.25) is 0 Å². The highest BCUT2D eigenvalue weighted by Crippen LogP contribution is 2.25. The summed E-state index contributed by atoms with van der Waals surface area (Å²) in [5.41, 5.74) is 2.45. The van der Waals surface area contributed by atoms with Crippen molar-refractivity contribution in [1.29, 1.82) is 0 Å². The monoisotopic (exact) mass is 307 g/mol. The van der Waals surface area contributed by atoms with Gasteiger partial charge in [0.15, 0.2) is 0 Å². The Morgan fingerprint density at radius 2 is 2.19 bits per heavy atom. The van der Waals surface area contributed by atoms with E-state index in [1.807, 2.05) is 6.07 Å². The molecule has 0 radical (unpaired) electrons. The van der Waals surface area contributed by atoms with Crippen LogP contribution in [0.5, 0.6) is 0 Å². The standard InChI is InChI=1S/C16H21NO3S/c1-11-3-2-4-12(7-11)9-21-10-15(18)17-14-6-5-13(8-14)16(19)20/h2-4,7,13-14H,5-6,8-10H2,1H3,(H,17,18)(H,19,20). The molecular weight excluding hydrogens is 286 g/mol. The number of carbonyl (C=O) groups is 2. The highest BCUT2D eigenvalue weighted by Gasteiger charge is 2.30. The number of aliphatic carboxylic acids is 1. The molecule has 2 unspecified atom stereocenters. The molecule has 1 aromatic carbocycles. The summed E-state index contributed by atoms with van der Waals surface area (Å²) in [4.78, 5) is 22.7. The van der Waals surface area contributed by atoms with E-state index in [0.717, 1.165) is 12.2 Å². The molecule has 2 rings (SSSR count). The topological polar surface area (TPSA) is 66.4 Å². The second kappa shape index (κ2) is 7.50. The number of thioether (sulfide) groups is 1. The lowest BCUT2D eigenvalue weighted by Gasteiger charge is -2.12. The van der Waals surface area contributed by atoms with Crippen LogP contribution in [0.25, 0.3) is 0 Å². The molecule has 1 aliphatic rings. The van der Waals surface area contributed by atoms with E-state index in [0.29, 0.717) is 18.6 Å². The first-order valence-electron chi connectivity index (χ1n) is 7.20. The average Bonchev–Trinajstić information content (AvgIpc) is 2.87. The summed E-state index contributed by atoms with van der Waals surface area (Å²) in [6.07, 6.45) is 1.99. The van der Waals surface area contributed by atoms with Crippen LogP contribution in [-0.4, -0.2) is 28.8 Å². The molecule has 0 spiro atoms. The Kier molecular flexibility index (Phi) is 5.67. The summed E-state index contributed by atoms with van der Waals surface area (Å²) in [5.74, 6) is 0.194. The van der Waals surface area contributed by atoms with Crippen molar-refractivity contribution in [2.75, 3.05) is 5.75 Å². The van der Waals surface area contributed by atoms with Crippen LogP contribution >= 0.6 is 11.8 Å². The van der Waals surface area contributed by atoms with Crippen LogP contribution in [0.15, 0.2) is 24.3 Å². The number of nitrogens with one attached hydrogen (secondary N) is 1. The van der Waals surface area contributed by atoms with Crippen molar-refractivity contribution >= 4 is 23.6 Å². The van der Waals surface area contributed by atoms with Crippen molar-refractivity contribution in [2.45, 2.75) is 38.0 Å². The van der Waals surface area contributed by atoms with Crippen molar-refractivity contribution in [1.82, 2.24) is 5.32 Å². The fraction of sp³-hybridized carbons (Fsp3) is 0.500. The molecule has 2 atom stereocenters. The van der Waals surface area contributed by atoms with E-state index >= 15 is 0 Å². The summed E-state index contributed by atoms with van der Waals surface area (Å²) < 4.78 is 0. The Hall–Kier alpha value is -1.49. The van der Waals surface area contributed by atoms with Gasteiger partial charge in [-0.25, -0.2) is 0 Å². The Morgan fingerprint density at radius 1 is 1.38 bits per heavy atom. The lowest BCUT2D eigenvalue weighted by Crippen LogP contribution is -2.34. The Labute approximate surface area is 129 Å². The van der Waals surface area contributed by atoms with Gasteiger partial charge in [0.05, 0.1) is 11.7 Å².